The van der Waals surface area contributed by atoms with Crippen molar-refractivity contribution >= 4 is 5.91 Å². The van der Waals surface area contributed by atoms with E-state index in [-0.39, 0.29) is 6.42 Å². The lowest BCUT2D eigenvalue weighted by Gasteiger charge is -1.84. The molecule has 0 radical (unpaired) electrons. The molecule has 0 unspecified atom stereocenters. The zero-order valence-electron chi connectivity index (χ0n) is 5.63. The summed E-state index contributed by atoms with van der Waals surface area (Å²) in [5, 5.41) is 0. The Labute approximate surface area is 58.0 Å². The van der Waals surface area contributed by atoms with Gasteiger partial charge in [0.1, 0.15) is 6.26 Å². The van der Waals surface area contributed by atoms with Crippen LogP contribution in [0.4, 0.5) is 0 Å². The van der Waals surface area contributed by atoms with Crippen LogP contribution in [0, 0.1) is 6.92 Å². The quantitative estimate of drug-likeness (QED) is 0.629. The van der Waals surface area contributed by atoms with Crippen molar-refractivity contribution in [3.05, 3.63) is 17.8 Å². The van der Waals surface area contributed by atoms with E-state index >= 15 is 0 Å². The Hall–Kier alpha value is -1.32. The van der Waals surface area contributed by atoms with E-state index in [1.54, 1.807) is 6.92 Å². The van der Waals surface area contributed by atoms with Crippen LogP contribution in [0.1, 0.15) is 11.6 Å². The van der Waals surface area contributed by atoms with Gasteiger partial charge in [0, 0.05) is 6.92 Å². The summed E-state index contributed by atoms with van der Waals surface area (Å²) in [5.41, 5.74) is 5.50. The first-order valence-corrected chi connectivity index (χ1v) is 2.88. The number of oxazole rings is 1. The molecule has 0 saturated carbocycles. The first-order valence-electron chi connectivity index (χ1n) is 2.88. The van der Waals surface area contributed by atoms with Gasteiger partial charge in [-0.15, -0.1) is 0 Å². The normalized spacial score (nSPS) is 9.70. The van der Waals surface area contributed by atoms with Crippen LogP contribution < -0.4 is 5.73 Å². The van der Waals surface area contributed by atoms with Gasteiger partial charge in [-0.25, -0.2) is 4.98 Å². The summed E-state index contributed by atoms with van der Waals surface area (Å²) in [7, 11) is 0. The van der Waals surface area contributed by atoms with Crippen molar-refractivity contribution in [1.29, 1.82) is 0 Å². The highest BCUT2D eigenvalue weighted by atomic mass is 16.3. The zero-order chi connectivity index (χ0) is 7.56. The number of hydrogen-bond acceptors (Lipinski definition) is 3. The molecule has 1 amide bonds. The summed E-state index contributed by atoms with van der Waals surface area (Å²) in [6.07, 6.45) is 1.58. The average molecular weight is 140 g/mol. The summed E-state index contributed by atoms with van der Waals surface area (Å²) in [4.78, 5) is 14.2. The van der Waals surface area contributed by atoms with Crippen LogP contribution in [-0.2, 0) is 11.2 Å². The Morgan fingerprint density at radius 3 is 3.00 bits per heavy atom. The molecule has 4 heteroatoms. The second-order valence-electron chi connectivity index (χ2n) is 2.00. The molecule has 0 aliphatic carbocycles. The van der Waals surface area contributed by atoms with Crippen molar-refractivity contribution in [1.82, 2.24) is 4.98 Å². The van der Waals surface area contributed by atoms with Gasteiger partial charge in [0.2, 0.25) is 5.91 Å². The van der Waals surface area contributed by atoms with Crippen LogP contribution >= 0.6 is 0 Å². The summed E-state index contributed by atoms with van der Waals surface area (Å²) >= 11 is 0. The maximum atomic E-state index is 10.3. The van der Waals surface area contributed by atoms with E-state index in [4.69, 9.17) is 10.2 Å². The SMILES string of the molecule is Cc1nc(CC(N)=O)co1. The molecule has 1 rings (SSSR count). The molecule has 0 spiro atoms. The molecule has 0 aromatic carbocycles. The maximum absolute atomic E-state index is 10.3. The predicted octanol–water partition coefficient (Wildman–Crippen LogP) is 0.0108. The van der Waals surface area contributed by atoms with Gasteiger partial charge in [-0.2, -0.15) is 0 Å². The van der Waals surface area contributed by atoms with Crippen LogP contribution in [0.25, 0.3) is 0 Å². The van der Waals surface area contributed by atoms with Crippen molar-refractivity contribution in [3.63, 3.8) is 0 Å². The van der Waals surface area contributed by atoms with Gasteiger partial charge >= 0.3 is 0 Å². The Bertz CT molecular complexity index is 242. The highest BCUT2D eigenvalue weighted by Gasteiger charge is 2.01. The van der Waals surface area contributed by atoms with Crippen LogP contribution in [0.2, 0.25) is 0 Å². The minimum atomic E-state index is -0.395. The second kappa shape index (κ2) is 2.51. The molecule has 1 aromatic rings. The van der Waals surface area contributed by atoms with Crippen molar-refractivity contribution in [3.8, 4) is 0 Å². The van der Waals surface area contributed by atoms with Crippen molar-refractivity contribution in [2.75, 3.05) is 0 Å². The van der Waals surface area contributed by atoms with Gasteiger partial charge in [-0.3, -0.25) is 4.79 Å². The summed E-state index contributed by atoms with van der Waals surface area (Å²) in [5.74, 6) is 0.157. The van der Waals surface area contributed by atoms with Crippen LogP contribution in [0.3, 0.4) is 0 Å². The Morgan fingerprint density at radius 1 is 1.90 bits per heavy atom. The summed E-state index contributed by atoms with van der Waals surface area (Å²) < 4.78 is 4.85. The van der Waals surface area contributed by atoms with E-state index in [0.717, 1.165) is 0 Å². The van der Waals surface area contributed by atoms with E-state index in [1.807, 2.05) is 0 Å². The van der Waals surface area contributed by atoms with Gasteiger partial charge in [0.25, 0.3) is 0 Å². The monoisotopic (exact) mass is 140 g/mol. The fourth-order valence-corrected chi connectivity index (χ4v) is 0.668. The number of rotatable bonds is 2. The van der Waals surface area contributed by atoms with Gasteiger partial charge in [-0.05, 0) is 0 Å². The first-order chi connectivity index (χ1) is 4.68. The van der Waals surface area contributed by atoms with E-state index < -0.39 is 5.91 Å². The number of carbonyl (C=O) groups excluding carboxylic acids is 1. The van der Waals surface area contributed by atoms with Gasteiger partial charge < -0.3 is 10.2 Å². The molecule has 54 valence electrons. The number of hydrogen-bond donors (Lipinski definition) is 1. The number of aryl methyl sites for hydroxylation is 1. The third kappa shape index (κ3) is 1.58. The molecule has 0 atom stereocenters. The van der Waals surface area contributed by atoms with E-state index in [1.165, 1.54) is 6.26 Å². The molecular weight excluding hydrogens is 132 g/mol. The van der Waals surface area contributed by atoms with E-state index in [2.05, 4.69) is 4.98 Å². The average Bonchev–Trinajstić information content (AvgIpc) is 2.13. The molecule has 0 aliphatic rings. The van der Waals surface area contributed by atoms with Crippen molar-refractivity contribution in [2.45, 2.75) is 13.3 Å². The Kier molecular flexibility index (Phi) is 1.71. The molecule has 0 bridgehead atoms. The number of aromatic nitrogens is 1. The minimum absolute atomic E-state index is 0.150. The van der Waals surface area contributed by atoms with Crippen molar-refractivity contribution in [2.24, 2.45) is 5.73 Å². The zero-order valence-corrected chi connectivity index (χ0v) is 5.63. The van der Waals surface area contributed by atoms with Crippen LogP contribution in [0.5, 0.6) is 0 Å². The van der Waals surface area contributed by atoms with Gasteiger partial charge in [0.15, 0.2) is 5.89 Å². The van der Waals surface area contributed by atoms with Crippen LogP contribution in [-0.4, -0.2) is 10.9 Å². The van der Waals surface area contributed by atoms with Crippen LogP contribution in [0.15, 0.2) is 10.7 Å². The number of primary amides is 1. The lowest BCUT2D eigenvalue weighted by atomic mass is 10.3. The number of nitrogens with zero attached hydrogens (tertiary/aromatic N) is 1. The largest absolute Gasteiger partial charge is 0.449 e. The molecule has 1 heterocycles. The third-order valence-corrected chi connectivity index (χ3v) is 1.02. The Morgan fingerprint density at radius 2 is 2.60 bits per heavy atom. The number of carbonyl (C=O) groups is 1. The number of amides is 1. The highest BCUT2D eigenvalue weighted by Crippen LogP contribution is 1.99. The molecule has 0 fully saturated rings. The summed E-state index contributed by atoms with van der Waals surface area (Å²) in [6.45, 7) is 1.71. The van der Waals surface area contributed by atoms with Crippen molar-refractivity contribution < 1.29 is 9.21 Å². The molecule has 0 aliphatic heterocycles. The second-order valence-corrected chi connectivity index (χ2v) is 2.00. The van der Waals surface area contributed by atoms with E-state index in [0.29, 0.717) is 11.6 Å². The highest BCUT2D eigenvalue weighted by molar-refractivity contribution is 5.75. The maximum Gasteiger partial charge on any atom is 0.223 e. The predicted molar refractivity (Wildman–Crippen MR) is 34.1 cm³/mol. The Balaban J connectivity index is 2.67. The molecular formula is C6H8N2O2. The molecule has 1 aromatic heterocycles. The fraction of sp³-hybridized carbons (Fsp3) is 0.333. The van der Waals surface area contributed by atoms with Gasteiger partial charge in [0.05, 0.1) is 12.1 Å². The standard InChI is InChI=1S/C6H8N2O2/c1-4-8-5(3-10-4)2-6(7)9/h3H,2H2,1H3,(H2,7,9). The smallest absolute Gasteiger partial charge is 0.223 e. The van der Waals surface area contributed by atoms with Gasteiger partial charge in [-0.1, -0.05) is 0 Å². The number of nitrogens with two attached hydrogens (primary N) is 1. The first kappa shape index (κ1) is 6.80. The fourth-order valence-electron chi connectivity index (χ4n) is 0.668. The third-order valence-electron chi connectivity index (χ3n) is 1.02. The lowest BCUT2D eigenvalue weighted by molar-refractivity contribution is -0.117. The summed E-state index contributed by atoms with van der Waals surface area (Å²) in [6, 6.07) is 0. The molecule has 2 N–H and O–H groups in total. The molecule has 4 nitrogen and oxygen atoms in total. The topological polar surface area (TPSA) is 69.1 Å². The molecule has 10 heavy (non-hydrogen) atoms. The van der Waals surface area contributed by atoms with E-state index in [9.17, 15) is 4.79 Å². The lowest BCUT2D eigenvalue weighted by Crippen LogP contribution is -2.13. The molecule has 0 saturated heterocycles. The minimum Gasteiger partial charge on any atom is -0.449 e.